The molecule has 0 bridgehead atoms. The van der Waals surface area contributed by atoms with Crippen molar-refractivity contribution >= 4 is 11.3 Å². The average Bonchev–Trinajstić information content (AvgIpc) is 2.36. The molecule has 1 aromatic rings. The zero-order valence-corrected chi connectivity index (χ0v) is 8.19. The molecule has 0 aliphatic heterocycles. The van der Waals surface area contributed by atoms with E-state index in [0.717, 1.165) is 9.88 Å². The molecule has 4 heteroatoms. The molecule has 0 amide bonds. The fourth-order valence-electron chi connectivity index (χ4n) is 1.01. The van der Waals surface area contributed by atoms with Crippen LogP contribution in [0.5, 0.6) is 0 Å². The van der Waals surface area contributed by atoms with Gasteiger partial charge in [-0.3, -0.25) is 0 Å². The van der Waals surface area contributed by atoms with Gasteiger partial charge in [0.25, 0.3) is 0 Å². The molecule has 1 heterocycles. The second kappa shape index (κ2) is 3.51. The number of aliphatic hydroxyl groups is 1. The molecule has 0 spiro atoms. The number of aryl methyl sites for hydroxylation is 1. The lowest BCUT2D eigenvalue weighted by Crippen LogP contribution is -2.23. The summed E-state index contributed by atoms with van der Waals surface area (Å²) < 4.78 is 0. The third-order valence-electron chi connectivity index (χ3n) is 1.78. The van der Waals surface area contributed by atoms with Crippen molar-refractivity contribution in [3.05, 3.63) is 16.1 Å². The van der Waals surface area contributed by atoms with Crippen LogP contribution in [0.25, 0.3) is 0 Å². The van der Waals surface area contributed by atoms with E-state index >= 15 is 0 Å². The van der Waals surface area contributed by atoms with Crippen LogP contribution in [0, 0.1) is 6.92 Å². The Morgan fingerprint density at radius 2 is 2.42 bits per heavy atom. The first-order valence-corrected chi connectivity index (χ1v) is 4.73. The zero-order valence-electron chi connectivity index (χ0n) is 7.37. The molecule has 0 radical (unpaired) electrons. The van der Waals surface area contributed by atoms with Crippen molar-refractivity contribution in [2.75, 3.05) is 6.54 Å². The highest BCUT2D eigenvalue weighted by Gasteiger charge is 2.23. The van der Waals surface area contributed by atoms with E-state index in [9.17, 15) is 5.11 Å². The molecular weight excluding hydrogens is 172 g/mol. The highest BCUT2D eigenvalue weighted by Crippen LogP contribution is 2.28. The summed E-state index contributed by atoms with van der Waals surface area (Å²) in [4.78, 5) is 4.98. The smallest absolute Gasteiger partial charge is 0.0988 e. The second-order valence-electron chi connectivity index (χ2n) is 3.06. The minimum atomic E-state index is -0.805. The Labute approximate surface area is 76.3 Å². The molecule has 0 aliphatic rings. The van der Waals surface area contributed by atoms with Gasteiger partial charge in [-0.15, -0.1) is 11.3 Å². The monoisotopic (exact) mass is 186 g/mol. The van der Waals surface area contributed by atoms with Crippen LogP contribution in [0.1, 0.15) is 23.2 Å². The lowest BCUT2D eigenvalue weighted by Gasteiger charge is -2.19. The summed E-state index contributed by atoms with van der Waals surface area (Å²) in [6.45, 7) is 4.18. The van der Waals surface area contributed by atoms with E-state index in [1.807, 2.05) is 6.92 Å². The van der Waals surface area contributed by atoms with Crippen LogP contribution in [0.2, 0.25) is 0 Å². The number of thiazole rings is 1. The van der Waals surface area contributed by atoms with E-state index in [1.54, 1.807) is 13.1 Å². The van der Waals surface area contributed by atoms with Crippen LogP contribution in [-0.2, 0) is 5.60 Å². The van der Waals surface area contributed by atoms with E-state index in [-0.39, 0.29) is 0 Å². The quantitative estimate of drug-likeness (QED) is 0.740. The molecule has 0 fully saturated rings. The van der Waals surface area contributed by atoms with E-state index in [2.05, 4.69) is 4.98 Å². The van der Waals surface area contributed by atoms with Crippen LogP contribution >= 0.6 is 11.3 Å². The molecule has 3 N–H and O–H groups in total. The highest BCUT2D eigenvalue weighted by atomic mass is 32.1. The maximum absolute atomic E-state index is 9.89. The number of rotatable bonds is 3. The van der Waals surface area contributed by atoms with Gasteiger partial charge in [-0.2, -0.15) is 0 Å². The molecule has 0 aromatic carbocycles. The van der Waals surface area contributed by atoms with E-state index in [0.29, 0.717) is 13.0 Å². The van der Waals surface area contributed by atoms with Crippen LogP contribution < -0.4 is 5.73 Å². The van der Waals surface area contributed by atoms with Crippen LogP contribution in [0.3, 0.4) is 0 Å². The first-order valence-electron chi connectivity index (χ1n) is 3.91. The van der Waals surface area contributed by atoms with E-state index in [1.165, 1.54) is 11.3 Å². The van der Waals surface area contributed by atoms with Gasteiger partial charge in [0.1, 0.15) is 0 Å². The van der Waals surface area contributed by atoms with Crippen LogP contribution in [-0.4, -0.2) is 16.6 Å². The van der Waals surface area contributed by atoms with Gasteiger partial charge in [-0.25, -0.2) is 4.98 Å². The van der Waals surface area contributed by atoms with Gasteiger partial charge >= 0.3 is 0 Å². The van der Waals surface area contributed by atoms with Gasteiger partial charge in [0.05, 0.1) is 15.5 Å². The third kappa shape index (κ3) is 2.03. The predicted molar refractivity (Wildman–Crippen MR) is 50.1 cm³/mol. The number of hydrogen-bond donors (Lipinski definition) is 2. The topological polar surface area (TPSA) is 59.1 Å². The van der Waals surface area contributed by atoms with Crippen molar-refractivity contribution in [1.82, 2.24) is 4.98 Å². The first-order chi connectivity index (χ1) is 5.56. The fraction of sp³-hybridized carbons (Fsp3) is 0.625. The van der Waals surface area contributed by atoms with Crippen molar-refractivity contribution in [3.63, 3.8) is 0 Å². The Kier molecular flexibility index (Phi) is 2.82. The average molecular weight is 186 g/mol. The molecule has 1 atom stereocenters. The summed E-state index contributed by atoms with van der Waals surface area (Å²) in [5.74, 6) is 0. The Morgan fingerprint density at radius 1 is 1.75 bits per heavy atom. The highest BCUT2D eigenvalue weighted by molar-refractivity contribution is 7.11. The van der Waals surface area contributed by atoms with Gasteiger partial charge in [0, 0.05) is 6.20 Å². The van der Waals surface area contributed by atoms with Gasteiger partial charge in [-0.1, -0.05) is 0 Å². The zero-order chi connectivity index (χ0) is 9.19. The molecule has 1 rings (SSSR count). The summed E-state index contributed by atoms with van der Waals surface area (Å²) in [6, 6.07) is 0. The summed E-state index contributed by atoms with van der Waals surface area (Å²) in [6.07, 6.45) is 2.30. The summed E-state index contributed by atoms with van der Waals surface area (Å²) >= 11 is 1.52. The standard InChI is InChI=1S/C8H14N2OS/c1-6-10-5-7(12-6)8(2,11)3-4-9/h5,11H,3-4,9H2,1-2H3. The maximum Gasteiger partial charge on any atom is 0.0988 e. The van der Waals surface area contributed by atoms with Crippen LogP contribution in [0.15, 0.2) is 6.20 Å². The van der Waals surface area contributed by atoms with Crippen molar-refractivity contribution < 1.29 is 5.11 Å². The minimum absolute atomic E-state index is 0.490. The Balaban J connectivity index is 2.81. The number of aromatic nitrogens is 1. The van der Waals surface area contributed by atoms with Gasteiger partial charge < -0.3 is 10.8 Å². The molecular formula is C8H14N2OS. The maximum atomic E-state index is 9.89. The third-order valence-corrected chi connectivity index (χ3v) is 2.95. The van der Waals surface area contributed by atoms with Crippen LogP contribution in [0.4, 0.5) is 0 Å². The summed E-state index contributed by atoms with van der Waals surface area (Å²) in [5, 5.41) is 10.9. The van der Waals surface area contributed by atoms with Gasteiger partial charge in [-0.05, 0) is 26.8 Å². The predicted octanol–water partition coefficient (Wildman–Crippen LogP) is 1.01. The Bertz CT molecular complexity index is 257. The first kappa shape index (κ1) is 9.64. The van der Waals surface area contributed by atoms with Crippen molar-refractivity contribution in [3.8, 4) is 0 Å². The van der Waals surface area contributed by atoms with Crippen molar-refractivity contribution in [1.29, 1.82) is 0 Å². The lowest BCUT2D eigenvalue weighted by atomic mass is 10.0. The summed E-state index contributed by atoms with van der Waals surface area (Å²) in [5.41, 5.74) is 4.58. The molecule has 3 nitrogen and oxygen atoms in total. The molecule has 12 heavy (non-hydrogen) atoms. The lowest BCUT2D eigenvalue weighted by molar-refractivity contribution is 0.0540. The number of hydrogen-bond acceptors (Lipinski definition) is 4. The number of nitrogens with zero attached hydrogens (tertiary/aromatic N) is 1. The molecule has 1 unspecified atom stereocenters. The molecule has 0 aliphatic carbocycles. The normalized spacial score (nSPS) is 16.0. The Hall–Kier alpha value is -0.450. The molecule has 1 aromatic heterocycles. The largest absolute Gasteiger partial charge is 0.385 e. The van der Waals surface area contributed by atoms with Gasteiger partial charge in [0.15, 0.2) is 0 Å². The second-order valence-corrected chi connectivity index (χ2v) is 4.29. The molecule has 0 saturated carbocycles. The van der Waals surface area contributed by atoms with E-state index in [4.69, 9.17) is 5.73 Å². The number of nitrogens with two attached hydrogens (primary N) is 1. The van der Waals surface area contributed by atoms with Crippen molar-refractivity contribution in [2.24, 2.45) is 5.73 Å². The molecule has 68 valence electrons. The van der Waals surface area contributed by atoms with Gasteiger partial charge in [0.2, 0.25) is 0 Å². The van der Waals surface area contributed by atoms with Crippen molar-refractivity contribution in [2.45, 2.75) is 25.9 Å². The fourth-order valence-corrected chi connectivity index (χ4v) is 1.87. The minimum Gasteiger partial charge on any atom is -0.385 e. The Morgan fingerprint density at radius 3 is 2.83 bits per heavy atom. The molecule has 0 saturated heterocycles. The summed E-state index contributed by atoms with van der Waals surface area (Å²) in [7, 11) is 0. The SMILES string of the molecule is Cc1ncc(C(C)(O)CCN)s1. The van der Waals surface area contributed by atoms with E-state index < -0.39 is 5.60 Å².